The number of hydrogen-bond acceptors (Lipinski definition) is 2. The van der Waals surface area contributed by atoms with Gasteiger partial charge in [-0.25, -0.2) is 5.06 Å². The van der Waals surface area contributed by atoms with Crippen molar-refractivity contribution >= 4 is 11.6 Å². The number of alkyl halides is 1. The van der Waals surface area contributed by atoms with Crippen molar-refractivity contribution in [2.24, 2.45) is 0 Å². The molecule has 1 N–H and O–H groups in total. The second-order valence-electron chi connectivity index (χ2n) is 2.07. The van der Waals surface area contributed by atoms with Gasteiger partial charge in [-0.05, 0) is 19.1 Å². The van der Waals surface area contributed by atoms with Gasteiger partial charge in [-0.15, -0.1) is 0 Å². The lowest BCUT2D eigenvalue weighted by Crippen LogP contribution is -2.34. The first kappa shape index (κ1) is 6.65. The molecule has 50 valence electrons. The predicted octanol–water partition coefficient (Wildman–Crippen LogP) is 1.72. The van der Waals surface area contributed by atoms with Crippen LogP contribution in [0.4, 0.5) is 0 Å². The minimum Gasteiger partial charge on any atom is -0.287 e. The Morgan fingerprint density at radius 2 is 2.22 bits per heavy atom. The molecule has 0 aromatic heterocycles. The number of hydroxylamine groups is 2. The van der Waals surface area contributed by atoms with Gasteiger partial charge in [0.05, 0.1) is 0 Å². The zero-order chi connectivity index (χ0) is 6.91. The van der Waals surface area contributed by atoms with Crippen LogP contribution in [0.2, 0.25) is 0 Å². The monoisotopic (exact) mass is 145 g/mol. The van der Waals surface area contributed by atoms with Gasteiger partial charge in [0.15, 0.2) is 5.00 Å². The molecule has 0 saturated heterocycles. The molecule has 1 aliphatic heterocycles. The number of hydrogen-bond donors (Lipinski definition) is 1. The Bertz CT molecular complexity index is 162. The fraction of sp³-hybridized carbons (Fsp3) is 0.333. The van der Waals surface area contributed by atoms with Crippen LogP contribution in [-0.4, -0.2) is 15.3 Å². The van der Waals surface area contributed by atoms with Crippen LogP contribution in [0.15, 0.2) is 24.4 Å². The van der Waals surface area contributed by atoms with Crippen LogP contribution in [0.1, 0.15) is 6.92 Å². The van der Waals surface area contributed by atoms with E-state index in [0.717, 1.165) is 5.06 Å². The molecule has 1 rings (SSSR count). The van der Waals surface area contributed by atoms with Gasteiger partial charge in [0.25, 0.3) is 0 Å². The maximum Gasteiger partial charge on any atom is 0.155 e. The van der Waals surface area contributed by atoms with Crippen molar-refractivity contribution in [2.75, 3.05) is 0 Å². The number of nitrogens with zero attached hydrogens (tertiary/aromatic N) is 1. The third kappa shape index (κ3) is 1.26. The van der Waals surface area contributed by atoms with Crippen LogP contribution in [0.3, 0.4) is 0 Å². The molecule has 0 spiro atoms. The van der Waals surface area contributed by atoms with E-state index in [2.05, 4.69) is 0 Å². The molecular weight excluding hydrogens is 138 g/mol. The minimum atomic E-state index is -0.769. The molecule has 9 heavy (non-hydrogen) atoms. The van der Waals surface area contributed by atoms with E-state index in [4.69, 9.17) is 16.8 Å². The van der Waals surface area contributed by atoms with Gasteiger partial charge in [0.2, 0.25) is 0 Å². The fourth-order valence-corrected chi connectivity index (χ4v) is 0.714. The topological polar surface area (TPSA) is 23.5 Å². The largest absolute Gasteiger partial charge is 0.287 e. The van der Waals surface area contributed by atoms with E-state index in [1.807, 2.05) is 0 Å². The van der Waals surface area contributed by atoms with Crippen molar-refractivity contribution in [3.8, 4) is 0 Å². The lowest BCUT2D eigenvalue weighted by atomic mass is 10.2. The predicted molar refractivity (Wildman–Crippen MR) is 36.2 cm³/mol. The van der Waals surface area contributed by atoms with Crippen molar-refractivity contribution in [3.05, 3.63) is 24.4 Å². The summed E-state index contributed by atoms with van der Waals surface area (Å²) in [5, 5.41) is 9.95. The van der Waals surface area contributed by atoms with Crippen molar-refractivity contribution in [2.45, 2.75) is 11.9 Å². The number of halogens is 1. The minimum absolute atomic E-state index is 0.769. The lowest BCUT2D eigenvalue weighted by Gasteiger charge is -2.28. The van der Waals surface area contributed by atoms with Crippen molar-refractivity contribution in [3.63, 3.8) is 0 Å². The van der Waals surface area contributed by atoms with Gasteiger partial charge in [0.1, 0.15) is 0 Å². The standard InChI is InChI=1S/C6H8ClNO/c1-6(7)4-2-3-5-8(6)9/h2-5,9H,1H3. The van der Waals surface area contributed by atoms with Crippen LogP contribution in [-0.2, 0) is 0 Å². The smallest absolute Gasteiger partial charge is 0.155 e. The average molecular weight is 146 g/mol. The zero-order valence-electron chi connectivity index (χ0n) is 5.08. The Kier molecular flexibility index (Phi) is 1.51. The van der Waals surface area contributed by atoms with Crippen molar-refractivity contribution < 1.29 is 5.21 Å². The van der Waals surface area contributed by atoms with E-state index in [-0.39, 0.29) is 0 Å². The molecule has 3 heteroatoms. The summed E-state index contributed by atoms with van der Waals surface area (Å²) >= 11 is 5.76. The summed E-state index contributed by atoms with van der Waals surface area (Å²) in [6.45, 7) is 1.70. The van der Waals surface area contributed by atoms with E-state index in [1.165, 1.54) is 6.20 Å². The summed E-state index contributed by atoms with van der Waals surface area (Å²) in [4.78, 5) is -0.769. The van der Waals surface area contributed by atoms with Crippen molar-refractivity contribution in [1.29, 1.82) is 0 Å². The molecule has 0 radical (unpaired) electrons. The lowest BCUT2D eigenvalue weighted by molar-refractivity contribution is -0.0757. The van der Waals surface area contributed by atoms with E-state index in [1.54, 1.807) is 25.2 Å². The maximum atomic E-state index is 9.00. The first-order valence-electron chi connectivity index (χ1n) is 2.66. The van der Waals surface area contributed by atoms with Crippen molar-refractivity contribution in [1.82, 2.24) is 5.06 Å². The number of rotatable bonds is 0. The third-order valence-corrected chi connectivity index (χ3v) is 1.49. The summed E-state index contributed by atoms with van der Waals surface area (Å²) in [5.74, 6) is 0. The average Bonchev–Trinajstić information content (AvgIpc) is 1.77. The highest BCUT2D eigenvalue weighted by atomic mass is 35.5. The zero-order valence-corrected chi connectivity index (χ0v) is 5.84. The normalized spacial score (nSPS) is 33.4. The Balaban J connectivity index is 2.78. The Labute approximate surface area is 59.0 Å². The molecule has 1 aliphatic rings. The molecule has 0 aromatic rings. The Morgan fingerprint density at radius 1 is 1.56 bits per heavy atom. The quantitative estimate of drug-likeness (QED) is 0.415. The van der Waals surface area contributed by atoms with Crippen LogP contribution in [0, 0.1) is 0 Å². The molecule has 0 amide bonds. The molecule has 2 nitrogen and oxygen atoms in total. The summed E-state index contributed by atoms with van der Waals surface area (Å²) < 4.78 is 0. The highest BCUT2D eigenvalue weighted by Crippen LogP contribution is 2.22. The first-order valence-corrected chi connectivity index (χ1v) is 3.04. The van der Waals surface area contributed by atoms with E-state index < -0.39 is 5.00 Å². The first-order chi connectivity index (χ1) is 4.13. The Hall–Kier alpha value is -0.470. The molecule has 1 heterocycles. The highest BCUT2D eigenvalue weighted by Gasteiger charge is 2.23. The molecule has 1 unspecified atom stereocenters. The molecule has 0 bridgehead atoms. The van der Waals surface area contributed by atoms with Crippen LogP contribution >= 0.6 is 11.6 Å². The molecule has 1 atom stereocenters. The number of allylic oxidation sites excluding steroid dienone is 2. The maximum absolute atomic E-state index is 9.00. The highest BCUT2D eigenvalue weighted by molar-refractivity contribution is 6.24. The fourth-order valence-electron chi connectivity index (χ4n) is 0.585. The Morgan fingerprint density at radius 3 is 2.56 bits per heavy atom. The van der Waals surface area contributed by atoms with E-state index in [0.29, 0.717) is 0 Å². The van der Waals surface area contributed by atoms with Gasteiger partial charge in [-0.1, -0.05) is 17.7 Å². The molecular formula is C6H8ClNO. The van der Waals surface area contributed by atoms with Gasteiger partial charge in [0, 0.05) is 6.20 Å². The second kappa shape index (κ2) is 2.05. The van der Waals surface area contributed by atoms with Crippen LogP contribution in [0.25, 0.3) is 0 Å². The summed E-state index contributed by atoms with van der Waals surface area (Å²) in [5.41, 5.74) is 0. The molecule has 0 fully saturated rings. The summed E-state index contributed by atoms with van der Waals surface area (Å²) in [6.07, 6.45) is 6.71. The SMILES string of the molecule is CC1(Cl)C=CC=CN1O. The van der Waals surface area contributed by atoms with E-state index >= 15 is 0 Å². The summed E-state index contributed by atoms with van der Waals surface area (Å²) in [7, 11) is 0. The van der Waals surface area contributed by atoms with Gasteiger partial charge < -0.3 is 0 Å². The molecule has 0 aromatic carbocycles. The second-order valence-corrected chi connectivity index (χ2v) is 2.83. The summed E-state index contributed by atoms with van der Waals surface area (Å²) in [6, 6.07) is 0. The third-order valence-electron chi connectivity index (χ3n) is 1.19. The molecule has 0 aliphatic carbocycles. The molecule has 0 saturated carbocycles. The van der Waals surface area contributed by atoms with E-state index in [9.17, 15) is 0 Å². The van der Waals surface area contributed by atoms with Gasteiger partial charge in [-0.3, -0.25) is 5.21 Å². The van der Waals surface area contributed by atoms with Crippen LogP contribution in [0.5, 0.6) is 0 Å². The van der Waals surface area contributed by atoms with Gasteiger partial charge in [-0.2, -0.15) is 0 Å². The van der Waals surface area contributed by atoms with Crippen LogP contribution < -0.4 is 0 Å². The van der Waals surface area contributed by atoms with Gasteiger partial charge >= 0.3 is 0 Å².